The van der Waals surface area contributed by atoms with Crippen LogP contribution in [0.4, 0.5) is 0 Å². The zero-order valence-electron chi connectivity index (χ0n) is 13.1. The molecule has 108 valence electrons. The van der Waals surface area contributed by atoms with Crippen LogP contribution in [0.3, 0.4) is 0 Å². The van der Waals surface area contributed by atoms with E-state index < -0.39 is 0 Å². The maximum atomic E-state index is 3.61. The summed E-state index contributed by atoms with van der Waals surface area (Å²) in [5.74, 6) is 1.64. The fraction of sp³-hybridized carbons (Fsp3) is 1.00. The van der Waals surface area contributed by atoms with Gasteiger partial charge in [-0.1, -0.05) is 13.8 Å². The molecule has 0 aromatic carbocycles. The van der Waals surface area contributed by atoms with Crippen molar-refractivity contribution in [3.63, 3.8) is 0 Å². The highest BCUT2D eigenvalue weighted by Crippen LogP contribution is 2.16. The molecule has 0 bridgehead atoms. The van der Waals surface area contributed by atoms with Crippen LogP contribution in [0, 0.1) is 11.8 Å². The van der Waals surface area contributed by atoms with E-state index in [1.807, 2.05) is 0 Å². The van der Waals surface area contributed by atoms with Crippen molar-refractivity contribution in [3.8, 4) is 0 Å². The second kappa shape index (κ2) is 8.13. The van der Waals surface area contributed by atoms with Crippen molar-refractivity contribution in [2.45, 2.75) is 39.7 Å². The molecule has 3 nitrogen and oxygen atoms in total. The minimum absolute atomic E-state index is 0.627. The van der Waals surface area contributed by atoms with E-state index in [9.17, 15) is 0 Å². The monoisotopic (exact) mass is 255 g/mol. The molecule has 1 aliphatic heterocycles. The second-order valence-electron chi connectivity index (χ2n) is 6.50. The van der Waals surface area contributed by atoms with Crippen molar-refractivity contribution in [1.29, 1.82) is 0 Å². The summed E-state index contributed by atoms with van der Waals surface area (Å²) >= 11 is 0. The van der Waals surface area contributed by atoms with Gasteiger partial charge >= 0.3 is 0 Å². The third-order valence-electron chi connectivity index (χ3n) is 4.37. The Balaban J connectivity index is 2.08. The Bertz CT molecular complexity index is 210. The summed E-state index contributed by atoms with van der Waals surface area (Å²) in [5, 5.41) is 3.61. The van der Waals surface area contributed by atoms with Crippen LogP contribution in [-0.4, -0.2) is 62.7 Å². The molecule has 18 heavy (non-hydrogen) atoms. The molecule has 1 unspecified atom stereocenters. The zero-order chi connectivity index (χ0) is 13.5. The van der Waals surface area contributed by atoms with Crippen molar-refractivity contribution >= 4 is 0 Å². The van der Waals surface area contributed by atoms with E-state index in [-0.39, 0.29) is 0 Å². The van der Waals surface area contributed by atoms with E-state index in [1.54, 1.807) is 0 Å². The van der Waals surface area contributed by atoms with Gasteiger partial charge in [0.2, 0.25) is 0 Å². The molecule has 1 fully saturated rings. The van der Waals surface area contributed by atoms with Crippen molar-refractivity contribution in [1.82, 2.24) is 15.1 Å². The van der Waals surface area contributed by atoms with Gasteiger partial charge in [0.15, 0.2) is 0 Å². The van der Waals surface area contributed by atoms with Crippen LogP contribution in [-0.2, 0) is 0 Å². The molecule has 1 atom stereocenters. The lowest BCUT2D eigenvalue weighted by atomic mass is 9.97. The molecular weight excluding hydrogens is 222 g/mol. The molecular formula is C15H33N3. The number of nitrogens with one attached hydrogen (secondary N) is 1. The normalized spacial score (nSPS) is 20.8. The number of rotatable bonds is 7. The molecule has 0 saturated carbocycles. The summed E-state index contributed by atoms with van der Waals surface area (Å²) in [5.41, 5.74) is 0. The number of likely N-dealkylation sites (tertiary alicyclic amines) is 1. The highest BCUT2D eigenvalue weighted by Gasteiger charge is 2.17. The number of nitrogens with zero attached hydrogens (tertiary/aromatic N) is 2. The molecule has 0 aliphatic carbocycles. The van der Waals surface area contributed by atoms with E-state index in [0.29, 0.717) is 6.04 Å². The topological polar surface area (TPSA) is 18.5 Å². The number of hydrogen-bond acceptors (Lipinski definition) is 3. The summed E-state index contributed by atoms with van der Waals surface area (Å²) in [6.07, 6.45) is 2.74. The van der Waals surface area contributed by atoms with Crippen molar-refractivity contribution in [2.24, 2.45) is 11.8 Å². The standard InChI is InChI=1S/C15H33N3/c1-13(2)14(3)16-8-11-18(5)12-15-6-9-17(4)10-7-15/h13-16H,6-12H2,1-5H3. The van der Waals surface area contributed by atoms with E-state index in [4.69, 9.17) is 0 Å². The first-order valence-corrected chi connectivity index (χ1v) is 7.59. The Kier molecular flexibility index (Phi) is 7.20. The smallest absolute Gasteiger partial charge is 0.0104 e. The van der Waals surface area contributed by atoms with Gasteiger partial charge in [-0.15, -0.1) is 0 Å². The summed E-state index contributed by atoms with van der Waals surface area (Å²) in [6, 6.07) is 0.627. The van der Waals surface area contributed by atoms with E-state index in [2.05, 4.69) is 50.0 Å². The van der Waals surface area contributed by atoms with Crippen molar-refractivity contribution in [3.05, 3.63) is 0 Å². The molecule has 0 spiro atoms. The first-order chi connectivity index (χ1) is 8.49. The van der Waals surface area contributed by atoms with Crippen LogP contribution in [0.5, 0.6) is 0 Å². The van der Waals surface area contributed by atoms with Gasteiger partial charge in [-0.05, 0) is 58.8 Å². The van der Waals surface area contributed by atoms with Gasteiger partial charge in [0, 0.05) is 25.7 Å². The van der Waals surface area contributed by atoms with Crippen molar-refractivity contribution in [2.75, 3.05) is 46.8 Å². The van der Waals surface area contributed by atoms with Gasteiger partial charge in [0.1, 0.15) is 0 Å². The van der Waals surface area contributed by atoms with Gasteiger partial charge in [0.25, 0.3) is 0 Å². The molecule has 0 amide bonds. The molecule has 1 rings (SSSR count). The lowest BCUT2D eigenvalue weighted by molar-refractivity contribution is 0.175. The van der Waals surface area contributed by atoms with E-state index in [0.717, 1.165) is 18.4 Å². The Hall–Kier alpha value is -0.120. The molecule has 1 saturated heterocycles. The molecule has 1 aliphatic rings. The molecule has 3 heteroatoms. The van der Waals surface area contributed by atoms with Gasteiger partial charge in [-0.3, -0.25) is 0 Å². The maximum Gasteiger partial charge on any atom is 0.0104 e. The van der Waals surface area contributed by atoms with Crippen LogP contribution in [0.1, 0.15) is 33.6 Å². The SMILES string of the molecule is CC(C)C(C)NCCN(C)CC1CCN(C)CC1. The van der Waals surface area contributed by atoms with Crippen LogP contribution >= 0.6 is 0 Å². The summed E-state index contributed by atoms with van der Waals surface area (Å²) in [6.45, 7) is 12.9. The summed E-state index contributed by atoms with van der Waals surface area (Å²) in [7, 11) is 4.50. The number of hydrogen-bond donors (Lipinski definition) is 1. The Morgan fingerprint density at radius 2 is 1.83 bits per heavy atom. The maximum absolute atomic E-state index is 3.61. The molecule has 1 heterocycles. The highest BCUT2D eigenvalue weighted by molar-refractivity contribution is 4.73. The predicted octanol–water partition coefficient (Wildman–Crippen LogP) is 1.89. The lowest BCUT2D eigenvalue weighted by Crippen LogP contribution is -2.40. The van der Waals surface area contributed by atoms with Crippen molar-refractivity contribution < 1.29 is 0 Å². The molecule has 0 aromatic heterocycles. The van der Waals surface area contributed by atoms with Crippen LogP contribution in [0.15, 0.2) is 0 Å². The van der Waals surface area contributed by atoms with Gasteiger partial charge in [0.05, 0.1) is 0 Å². The Morgan fingerprint density at radius 1 is 1.22 bits per heavy atom. The fourth-order valence-corrected chi connectivity index (χ4v) is 2.50. The van der Waals surface area contributed by atoms with Gasteiger partial charge in [-0.2, -0.15) is 0 Å². The minimum Gasteiger partial charge on any atom is -0.313 e. The summed E-state index contributed by atoms with van der Waals surface area (Å²) in [4.78, 5) is 4.94. The number of piperidine rings is 1. The third-order valence-corrected chi connectivity index (χ3v) is 4.37. The quantitative estimate of drug-likeness (QED) is 0.749. The van der Waals surface area contributed by atoms with Crippen LogP contribution in [0.2, 0.25) is 0 Å². The largest absolute Gasteiger partial charge is 0.313 e. The van der Waals surface area contributed by atoms with Gasteiger partial charge < -0.3 is 15.1 Å². The van der Waals surface area contributed by atoms with Crippen LogP contribution in [0.25, 0.3) is 0 Å². The first-order valence-electron chi connectivity index (χ1n) is 7.59. The molecule has 0 aromatic rings. The average Bonchev–Trinajstić information content (AvgIpc) is 2.32. The molecule has 0 radical (unpaired) electrons. The van der Waals surface area contributed by atoms with Gasteiger partial charge in [-0.25, -0.2) is 0 Å². The highest BCUT2D eigenvalue weighted by atomic mass is 15.1. The lowest BCUT2D eigenvalue weighted by Gasteiger charge is -2.32. The van der Waals surface area contributed by atoms with E-state index in [1.165, 1.54) is 39.0 Å². The summed E-state index contributed by atoms with van der Waals surface area (Å²) < 4.78 is 0. The Labute approximate surface area is 114 Å². The minimum atomic E-state index is 0.627. The first kappa shape index (κ1) is 15.9. The second-order valence-corrected chi connectivity index (χ2v) is 6.50. The predicted molar refractivity (Wildman–Crippen MR) is 80.0 cm³/mol. The fourth-order valence-electron chi connectivity index (χ4n) is 2.50. The third kappa shape index (κ3) is 6.17. The van der Waals surface area contributed by atoms with E-state index >= 15 is 0 Å². The Morgan fingerprint density at radius 3 is 2.39 bits per heavy atom. The molecule has 1 N–H and O–H groups in total. The number of likely N-dealkylation sites (N-methyl/N-ethyl adjacent to an activating group) is 1. The van der Waals surface area contributed by atoms with Crippen LogP contribution < -0.4 is 5.32 Å². The zero-order valence-corrected chi connectivity index (χ0v) is 13.1. The average molecular weight is 255 g/mol.